The molecule has 0 N–H and O–H groups in total. The highest BCUT2D eigenvalue weighted by molar-refractivity contribution is 7.80. The lowest BCUT2D eigenvalue weighted by Crippen LogP contribution is -1.98. The lowest BCUT2D eigenvalue weighted by atomic mass is 10.2. The van der Waals surface area contributed by atoms with Gasteiger partial charge in [-0.2, -0.15) is 12.6 Å². The number of rotatable bonds is 5. The Kier molecular flexibility index (Phi) is 5.20. The SMILES string of the molecule is Cc1ccc(Cl)c(OCCCCS)c1. The highest BCUT2D eigenvalue weighted by atomic mass is 35.5. The molecule has 0 saturated heterocycles. The number of thiol groups is 1. The van der Waals surface area contributed by atoms with E-state index in [0.29, 0.717) is 11.6 Å². The van der Waals surface area contributed by atoms with E-state index in [-0.39, 0.29) is 0 Å². The van der Waals surface area contributed by atoms with E-state index >= 15 is 0 Å². The van der Waals surface area contributed by atoms with Gasteiger partial charge in [0.15, 0.2) is 0 Å². The van der Waals surface area contributed by atoms with Crippen molar-refractivity contribution >= 4 is 24.2 Å². The Balaban J connectivity index is 2.45. The van der Waals surface area contributed by atoms with Gasteiger partial charge in [-0.3, -0.25) is 0 Å². The summed E-state index contributed by atoms with van der Waals surface area (Å²) in [6.45, 7) is 2.74. The van der Waals surface area contributed by atoms with Crippen molar-refractivity contribution in [3.8, 4) is 5.75 Å². The summed E-state index contributed by atoms with van der Waals surface area (Å²) in [5.41, 5.74) is 1.17. The van der Waals surface area contributed by atoms with E-state index in [1.807, 2.05) is 25.1 Å². The number of ether oxygens (including phenoxy) is 1. The molecule has 0 radical (unpaired) electrons. The maximum absolute atomic E-state index is 5.97. The van der Waals surface area contributed by atoms with Crippen LogP contribution in [0.4, 0.5) is 0 Å². The minimum absolute atomic E-state index is 0.682. The van der Waals surface area contributed by atoms with Crippen LogP contribution < -0.4 is 4.74 Å². The largest absolute Gasteiger partial charge is 0.492 e. The molecule has 0 unspecified atom stereocenters. The van der Waals surface area contributed by atoms with E-state index in [1.165, 1.54) is 5.56 Å². The zero-order valence-electron chi connectivity index (χ0n) is 8.29. The van der Waals surface area contributed by atoms with E-state index in [2.05, 4.69) is 12.6 Å². The van der Waals surface area contributed by atoms with Crippen LogP contribution in [-0.2, 0) is 0 Å². The standard InChI is InChI=1S/C11H15ClOS/c1-9-4-5-10(12)11(8-9)13-6-2-3-7-14/h4-5,8,14H,2-3,6-7H2,1H3. The molecular weight excluding hydrogens is 216 g/mol. The molecule has 78 valence electrons. The Morgan fingerprint density at radius 2 is 2.14 bits per heavy atom. The van der Waals surface area contributed by atoms with E-state index in [9.17, 15) is 0 Å². The molecule has 1 nitrogen and oxygen atoms in total. The van der Waals surface area contributed by atoms with Gasteiger partial charge in [0.25, 0.3) is 0 Å². The molecule has 0 atom stereocenters. The van der Waals surface area contributed by atoms with Crippen molar-refractivity contribution in [1.29, 1.82) is 0 Å². The van der Waals surface area contributed by atoms with Gasteiger partial charge in [0, 0.05) is 0 Å². The molecule has 0 fully saturated rings. The molecule has 0 aliphatic carbocycles. The molecule has 0 saturated carbocycles. The fraction of sp³-hybridized carbons (Fsp3) is 0.455. The monoisotopic (exact) mass is 230 g/mol. The molecule has 0 aliphatic rings. The fourth-order valence-corrected chi connectivity index (χ4v) is 1.51. The first-order valence-electron chi connectivity index (χ1n) is 4.74. The summed E-state index contributed by atoms with van der Waals surface area (Å²) >= 11 is 10.1. The topological polar surface area (TPSA) is 9.23 Å². The van der Waals surface area contributed by atoms with Crippen LogP contribution in [0.1, 0.15) is 18.4 Å². The van der Waals surface area contributed by atoms with Crippen molar-refractivity contribution in [2.75, 3.05) is 12.4 Å². The molecule has 3 heteroatoms. The molecule has 0 aromatic heterocycles. The lowest BCUT2D eigenvalue weighted by molar-refractivity contribution is 0.310. The Hall–Kier alpha value is -0.340. The van der Waals surface area contributed by atoms with E-state index < -0.39 is 0 Å². The minimum Gasteiger partial charge on any atom is -0.492 e. The highest BCUT2D eigenvalue weighted by Gasteiger charge is 2.00. The van der Waals surface area contributed by atoms with Crippen LogP contribution in [0.3, 0.4) is 0 Å². The Bertz CT molecular complexity index is 289. The molecule has 0 heterocycles. The number of hydrogen-bond acceptors (Lipinski definition) is 2. The van der Waals surface area contributed by atoms with Gasteiger partial charge in [-0.15, -0.1) is 0 Å². The highest BCUT2D eigenvalue weighted by Crippen LogP contribution is 2.25. The lowest BCUT2D eigenvalue weighted by Gasteiger charge is -2.08. The average molecular weight is 231 g/mol. The van der Waals surface area contributed by atoms with Crippen LogP contribution >= 0.6 is 24.2 Å². The second kappa shape index (κ2) is 6.20. The van der Waals surface area contributed by atoms with Crippen LogP contribution in [0.5, 0.6) is 5.75 Å². The summed E-state index contributed by atoms with van der Waals surface area (Å²) in [4.78, 5) is 0. The first-order chi connectivity index (χ1) is 6.74. The number of benzene rings is 1. The minimum atomic E-state index is 0.682. The van der Waals surface area contributed by atoms with Gasteiger partial charge in [-0.05, 0) is 43.2 Å². The first-order valence-corrected chi connectivity index (χ1v) is 5.75. The zero-order valence-corrected chi connectivity index (χ0v) is 9.94. The quantitative estimate of drug-likeness (QED) is 0.599. The molecule has 0 amide bonds. The van der Waals surface area contributed by atoms with Crippen LogP contribution in [0.2, 0.25) is 5.02 Å². The normalized spacial score (nSPS) is 10.2. The third kappa shape index (κ3) is 3.81. The fourth-order valence-electron chi connectivity index (χ4n) is 1.12. The molecule has 1 rings (SSSR count). The van der Waals surface area contributed by atoms with Crippen molar-refractivity contribution in [2.24, 2.45) is 0 Å². The van der Waals surface area contributed by atoms with Crippen molar-refractivity contribution in [3.63, 3.8) is 0 Å². The zero-order chi connectivity index (χ0) is 10.4. The van der Waals surface area contributed by atoms with Gasteiger partial charge in [0.05, 0.1) is 11.6 Å². The van der Waals surface area contributed by atoms with Crippen molar-refractivity contribution in [2.45, 2.75) is 19.8 Å². The van der Waals surface area contributed by atoms with Gasteiger partial charge < -0.3 is 4.74 Å². The van der Waals surface area contributed by atoms with Crippen LogP contribution in [-0.4, -0.2) is 12.4 Å². The number of halogens is 1. The van der Waals surface area contributed by atoms with Crippen LogP contribution in [0.15, 0.2) is 18.2 Å². The second-order valence-electron chi connectivity index (χ2n) is 3.21. The summed E-state index contributed by atoms with van der Waals surface area (Å²) in [5.74, 6) is 1.69. The molecule has 14 heavy (non-hydrogen) atoms. The Labute approximate surface area is 95.8 Å². The molecule has 1 aromatic rings. The Morgan fingerprint density at radius 3 is 2.86 bits per heavy atom. The van der Waals surface area contributed by atoms with Gasteiger partial charge in [-0.1, -0.05) is 17.7 Å². The van der Waals surface area contributed by atoms with Crippen LogP contribution in [0.25, 0.3) is 0 Å². The maximum Gasteiger partial charge on any atom is 0.138 e. The van der Waals surface area contributed by atoms with Gasteiger partial charge in [-0.25, -0.2) is 0 Å². The number of hydrogen-bond donors (Lipinski definition) is 1. The first kappa shape index (κ1) is 11.7. The summed E-state index contributed by atoms with van der Waals surface area (Å²) in [6.07, 6.45) is 2.10. The average Bonchev–Trinajstić information content (AvgIpc) is 2.18. The second-order valence-corrected chi connectivity index (χ2v) is 4.07. The van der Waals surface area contributed by atoms with Gasteiger partial charge in [0.2, 0.25) is 0 Å². The number of unbranched alkanes of at least 4 members (excludes halogenated alkanes) is 1. The summed E-state index contributed by atoms with van der Waals surface area (Å²) < 4.78 is 5.55. The summed E-state index contributed by atoms with van der Waals surface area (Å²) in [5, 5.41) is 0.682. The molecule has 0 aliphatic heterocycles. The van der Waals surface area contributed by atoms with Crippen molar-refractivity contribution < 1.29 is 4.74 Å². The molecule has 0 bridgehead atoms. The van der Waals surface area contributed by atoms with Crippen LogP contribution in [0, 0.1) is 6.92 Å². The van der Waals surface area contributed by atoms with E-state index in [1.54, 1.807) is 0 Å². The van der Waals surface area contributed by atoms with Crippen molar-refractivity contribution in [3.05, 3.63) is 28.8 Å². The van der Waals surface area contributed by atoms with Crippen molar-refractivity contribution in [1.82, 2.24) is 0 Å². The predicted molar refractivity (Wildman–Crippen MR) is 64.8 cm³/mol. The third-order valence-corrected chi connectivity index (χ3v) is 2.53. The summed E-state index contributed by atoms with van der Waals surface area (Å²) in [6, 6.07) is 5.80. The third-order valence-electron chi connectivity index (χ3n) is 1.90. The van der Waals surface area contributed by atoms with E-state index in [4.69, 9.17) is 16.3 Å². The number of aryl methyl sites for hydroxylation is 1. The van der Waals surface area contributed by atoms with Gasteiger partial charge in [0.1, 0.15) is 5.75 Å². The molecule has 0 spiro atoms. The van der Waals surface area contributed by atoms with E-state index in [0.717, 1.165) is 24.3 Å². The van der Waals surface area contributed by atoms with Gasteiger partial charge >= 0.3 is 0 Å². The Morgan fingerprint density at radius 1 is 1.36 bits per heavy atom. The molecular formula is C11H15ClOS. The maximum atomic E-state index is 5.97. The smallest absolute Gasteiger partial charge is 0.138 e. The predicted octanol–water partition coefficient (Wildman–Crippen LogP) is 3.74. The molecule has 1 aromatic carbocycles. The summed E-state index contributed by atoms with van der Waals surface area (Å²) in [7, 11) is 0.